The minimum Gasteiger partial charge on any atom is -0.394 e. The average Bonchev–Trinajstić information content (AvgIpc) is 3.09. The molecule has 2 saturated heterocycles. The van der Waals surface area contributed by atoms with E-state index in [4.69, 9.17) is 25.7 Å². The summed E-state index contributed by atoms with van der Waals surface area (Å²) in [5.41, 5.74) is 12.1. The third-order valence-corrected chi connectivity index (χ3v) is 12.3. The fraction of sp³-hybridized carbons (Fsp3) is 0.909. The molecule has 3 saturated carbocycles. The number of guanidine groups is 1. The van der Waals surface area contributed by atoms with Gasteiger partial charge in [0.05, 0.1) is 56.9 Å². The average molecular weight is 686 g/mol. The van der Waals surface area contributed by atoms with Crippen molar-refractivity contribution in [3.05, 3.63) is 0 Å². The molecule has 0 aromatic carbocycles. The van der Waals surface area contributed by atoms with Gasteiger partial charge >= 0.3 is 5.96 Å². The first-order valence-electron chi connectivity index (χ1n) is 17.8. The second kappa shape index (κ2) is 16.0. The summed E-state index contributed by atoms with van der Waals surface area (Å²) >= 11 is 0. The maximum Gasteiger partial charge on any atom is 0.340 e. The molecule has 0 aromatic heterocycles. The van der Waals surface area contributed by atoms with Gasteiger partial charge in [0, 0.05) is 43.6 Å². The van der Waals surface area contributed by atoms with Crippen molar-refractivity contribution < 1.29 is 59.6 Å². The first kappa shape index (κ1) is 37.5. The Morgan fingerprint density at radius 2 is 1.73 bits per heavy atom. The highest BCUT2D eigenvalue weighted by molar-refractivity contribution is 6.00. The van der Waals surface area contributed by atoms with E-state index >= 15 is 0 Å². The van der Waals surface area contributed by atoms with E-state index in [0.29, 0.717) is 31.3 Å². The number of carbonyl (C=O) groups is 2. The fourth-order valence-electron chi connectivity index (χ4n) is 9.55. The van der Waals surface area contributed by atoms with E-state index in [1.807, 2.05) is 6.92 Å². The number of methoxy groups -OCH3 is 1. The van der Waals surface area contributed by atoms with Crippen LogP contribution in [0.4, 0.5) is 0 Å². The summed E-state index contributed by atoms with van der Waals surface area (Å²) in [4.78, 5) is 32.3. The van der Waals surface area contributed by atoms with Crippen LogP contribution in [-0.2, 0) is 23.8 Å². The Bertz CT molecular complexity index is 1140. The molecule has 0 radical (unpaired) electrons. The van der Waals surface area contributed by atoms with E-state index in [1.54, 1.807) is 14.2 Å². The van der Waals surface area contributed by atoms with Crippen LogP contribution in [-0.4, -0.2) is 132 Å². The molecule has 274 valence electrons. The molecule has 2 heterocycles. The number of nitrogens with one attached hydrogen (secondary N) is 2. The molecule has 5 aliphatic rings. The van der Waals surface area contributed by atoms with Crippen LogP contribution in [0.1, 0.15) is 51.9 Å². The van der Waals surface area contributed by atoms with Crippen LogP contribution in [0.5, 0.6) is 0 Å². The minimum absolute atomic E-state index is 0.0228. The SMILES string of the molecule is CCC1C(OC)CC(OC2OC(CO)C(O)C(O)C2O)C2C(=O)C3C(CC(CCC4CCC(N)[NH2+]C4)C(CNC(N)=[NH+]C)C3O)C(=O)C12. The Hall–Kier alpha value is -1.79. The van der Waals surface area contributed by atoms with Crippen molar-refractivity contribution in [3.8, 4) is 0 Å². The summed E-state index contributed by atoms with van der Waals surface area (Å²) in [6.07, 6.45) is -4.96. The fourth-order valence-corrected chi connectivity index (χ4v) is 9.55. The summed E-state index contributed by atoms with van der Waals surface area (Å²) in [5, 5.41) is 58.6. The van der Waals surface area contributed by atoms with E-state index in [0.717, 1.165) is 32.2 Å². The maximum absolute atomic E-state index is 14.7. The summed E-state index contributed by atoms with van der Waals surface area (Å²) in [6.45, 7) is 2.60. The molecule has 17 unspecified atom stereocenters. The van der Waals surface area contributed by atoms with Crippen molar-refractivity contribution in [2.45, 2.75) is 107 Å². The molecule has 17 atom stereocenters. The monoisotopic (exact) mass is 685 g/mol. The Kier molecular flexibility index (Phi) is 12.5. The Balaban J connectivity index is 1.43. The second-order valence-corrected chi connectivity index (χ2v) is 14.8. The van der Waals surface area contributed by atoms with Crippen molar-refractivity contribution in [1.29, 1.82) is 0 Å². The highest BCUT2D eigenvalue weighted by Crippen LogP contribution is 2.53. The van der Waals surface area contributed by atoms with Crippen molar-refractivity contribution in [1.82, 2.24) is 5.32 Å². The Labute approximate surface area is 282 Å². The van der Waals surface area contributed by atoms with Crippen molar-refractivity contribution >= 4 is 17.5 Å². The molecule has 2 aliphatic heterocycles. The third kappa shape index (κ3) is 7.32. The number of Topliss-reactive ketones (excluding diaryl/α,β-unsaturated/α-hetero) is 2. The van der Waals surface area contributed by atoms with E-state index < -0.39 is 79.3 Å². The van der Waals surface area contributed by atoms with Crippen LogP contribution in [0.15, 0.2) is 0 Å². The highest BCUT2D eigenvalue weighted by Gasteiger charge is 2.63. The van der Waals surface area contributed by atoms with Gasteiger partial charge < -0.3 is 45.1 Å². The van der Waals surface area contributed by atoms with E-state index in [-0.39, 0.29) is 41.9 Å². The van der Waals surface area contributed by atoms with Gasteiger partial charge in [-0.1, -0.05) is 13.3 Å². The van der Waals surface area contributed by atoms with Gasteiger partial charge in [-0.3, -0.25) is 31.4 Å². The number of fused-ring (bicyclic) bond motifs is 2. The number of ether oxygens (including phenoxy) is 3. The molecule has 15 heteroatoms. The number of aliphatic hydroxyl groups excluding tert-OH is 5. The first-order chi connectivity index (χ1) is 22.9. The van der Waals surface area contributed by atoms with Gasteiger partial charge in [0.1, 0.15) is 42.1 Å². The van der Waals surface area contributed by atoms with E-state index in [2.05, 4.69) is 15.6 Å². The van der Waals surface area contributed by atoms with Crippen LogP contribution in [0.3, 0.4) is 0 Å². The van der Waals surface area contributed by atoms with Gasteiger partial charge in [-0.05, 0) is 37.5 Å². The molecule has 48 heavy (non-hydrogen) atoms. The van der Waals surface area contributed by atoms with Gasteiger partial charge in [-0.25, -0.2) is 0 Å². The van der Waals surface area contributed by atoms with Crippen molar-refractivity contribution in [3.63, 3.8) is 0 Å². The second-order valence-electron chi connectivity index (χ2n) is 14.8. The highest BCUT2D eigenvalue weighted by atomic mass is 16.7. The zero-order valence-corrected chi connectivity index (χ0v) is 28.4. The quantitative estimate of drug-likeness (QED) is 0.0764. The first-order valence-corrected chi connectivity index (χ1v) is 17.8. The number of hydrogen-bond donors (Lipinski definition) is 10. The molecule has 3 aliphatic carbocycles. The number of quaternary nitrogens is 1. The normalized spacial score (nSPS) is 46.9. The predicted octanol–water partition coefficient (Wildman–Crippen LogP) is -5.12. The zero-order chi connectivity index (χ0) is 34.9. The molecule has 15 nitrogen and oxygen atoms in total. The largest absolute Gasteiger partial charge is 0.394 e. The lowest BCUT2D eigenvalue weighted by atomic mass is 9.51. The molecule has 0 amide bonds. The van der Waals surface area contributed by atoms with Crippen LogP contribution in [0, 0.1) is 47.3 Å². The molecule has 0 spiro atoms. The Morgan fingerprint density at radius 1 is 0.979 bits per heavy atom. The molecule has 13 N–H and O–H groups in total. The number of carbonyl (C=O) groups excluding carboxylic acids is 2. The number of piperidine rings is 1. The molecule has 0 aromatic rings. The lowest BCUT2D eigenvalue weighted by molar-refractivity contribution is -0.702. The molecule has 0 bridgehead atoms. The number of hydrogen-bond acceptors (Lipinski definition) is 11. The summed E-state index contributed by atoms with van der Waals surface area (Å²) in [7, 11) is 3.24. The smallest absolute Gasteiger partial charge is 0.340 e. The molecule has 5 fully saturated rings. The molecular weight excluding hydrogens is 626 g/mol. The number of nitrogens with two attached hydrogens (primary N) is 3. The lowest BCUT2D eigenvalue weighted by Gasteiger charge is -2.55. The van der Waals surface area contributed by atoms with Gasteiger partial charge in [-0.2, -0.15) is 0 Å². The predicted molar refractivity (Wildman–Crippen MR) is 170 cm³/mol. The maximum atomic E-state index is 14.7. The number of rotatable bonds is 10. The molecule has 5 rings (SSSR count). The van der Waals surface area contributed by atoms with Crippen LogP contribution in [0.2, 0.25) is 0 Å². The summed E-state index contributed by atoms with van der Waals surface area (Å²) in [5.74, 6) is -3.43. The van der Waals surface area contributed by atoms with Crippen LogP contribution >= 0.6 is 0 Å². The molecular formula is C33H59N5O10+2. The standard InChI is InChI=1S/C33H57N5O10/c1-4-16-19(46-3)10-20(47-32-31(45)30(44)28(42)21(13-39)48-32)25-23(16)26(40)17-9-15(7-5-14-6-8-22(34)37-11-14)18(12-38-33(35)36-2)27(41)24(17)29(25)43/h14-25,27-28,30-32,37,39,41-42,44-45H,4-13,34H2,1-3H3,(H3,35,36,38)/p+2. The Morgan fingerprint density at radius 3 is 2.35 bits per heavy atom. The summed E-state index contributed by atoms with van der Waals surface area (Å²) < 4.78 is 17.7. The number of ketones is 2. The third-order valence-electron chi connectivity index (χ3n) is 12.3. The van der Waals surface area contributed by atoms with E-state index in [1.165, 1.54) is 0 Å². The van der Waals surface area contributed by atoms with Gasteiger partial charge in [0.2, 0.25) is 0 Å². The van der Waals surface area contributed by atoms with Crippen molar-refractivity contribution in [2.24, 2.45) is 58.8 Å². The van der Waals surface area contributed by atoms with Gasteiger partial charge in [-0.15, -0.1) is 0 Å². The van der Waals surface area contributed by atoms with Crippen LogP contribution < -0.4 is 27.1 Å². The number of aliphatic hydroxyl groups is 5. The minimum atomic E-state index is -1.67. The summed E-state index contributed by atoms with van der Waals surface area (Å²) in [6, 6.07) is 0. The van der Waals surface area contributed by atoms with E-state index in [9.17, 15) is 35.1 Å². The van der Waals surface area contributed by atoms with Gasteiger partial charge in [0.15, 0.2) is 6.29 Å². The lowest BCUT2D eigenvalue weighted by Crippen LogP contribution is -2.95. The topological polar surface area (TPSA) is 258 Å². The van der Waals surface area contributed by atoms with Gasteiger partial charge in [0.25, 0.3) is 0 Å². The van der Waals surface area contributed by atoms with Crippen LogP contribution in [0.25, 0.3) is 0 Å². The van der Waals surface area contributed by atoms with Crippen molar-refractivity contribution in [2.75, 3.05) is 33.9 Å². The zero-order valence-electron chi connectivity index (χ0n) is 28.4.